The van der Waals surface area contributed by atoms with Crippen molar-refractivity contribution >= 4 is 39.3 Å². The Morgan fingerprint density at radius 1 is 1.44 bits per heavy atom. The molecule has 1 heterocycles. The number of carboxylic acid groups (broad SMARTS) is 1. The van der Waals surface area contributed by atoms with Gasteiger partial charge in [-0.05, 0) is 48.5 Å². The van der Waals surface area contributed by atoms with E-state index in [1.165, 1.54) is 24.3 Å². The normalized spacial score (nSPS) is 16.5. The summed E-state index contributed by atoms with van der Waals surface area (Å²) in [6, 6.07) is 5.33. The van der Waals surface area contributed by atoms with E-state index in [-0.39, 0.29) is 0 Å². The van der Waals surface area contributed by atoms with Crippen molar-refractivity contribution in [2.45, 2.75) is 12.8 Å². The zero-order chi connectivity index (χ0) is 13.0. The van der Waals surface area contributed by atoms with Gasteiger partial charge in [-0.1, -0.05) is 15.9 Å². The lowest BCUT2D eigenvalue weighted by molar-refractivity contribution is 0.0698. The number of hydrogen-bond donors (Lipinski definition) is 2. The topological polar surface area (TPSA) is 49.3 Å². The number of carbonyl (C=O) groups is 1. The zero-order valence-electron chi connectivity index (χ0n) is 9.99. The Bertz CT molecular complexity index is 433. The van der Waals surface area contributed by atoms with Gasteiger partial charge in [0.25, 0.3) is 0 Å². The van der Waals surface area contributed by atoms with Crippen LogP contribution in [0.2, 0.25) is 0 Å². The van der Waals surface area contributed by atoms with E-state index in [0.717, 1.165) is 11.0 Å². The first-order valence-corrected chi connectivity index (χ1v) is 7.96. The van der Waals surface area contributed by atoms with Gasteiger partial charge in [0.2, 0.25) is 0 Å². The van der Waals surface area contributed by atoms with Crippen molar-refractivity contribution in [3.8, 4) is 0 Å². The lowest BCUT2D eigenvalue weighted by Crippen LogP contribution is -2.20. The highest BCUT2D eigenvalue weighted by atomic mass is 79.9. The van der Waals surface area contributed by atoms with Gasteiger partial charge in [0.15, 0.2) is 0 Å². The molecular weight excluding hydrogens is 314 g/mol. The highest BCUT2D eigenvalue weighted by Gasteiger charge is 2.15. The first kappa shape index (κ1) is 13.7. The Balaban J connectivity index is 2.01. The van der Waals surface area contributed by atoms with Gasteiger partial charge in [-0.25, -0.2) is 4.79 Å². The van der Waals surface area contributed by atoms with Crippen LogP contribution in [0.15, 0.2) is 22.7 Å². The predicted octanol–water partition coefficient (Wildman–Crippen LogP) is 3.70. The molecule has 0 aliphatic carbocycles. The molecule has 0 unspecified atom stereocenters. The fraction of sp³-hybridized carbons (Fsp3) is 0.462. The van der Waals surface area contributed by atoms with Crippen molar-refractivity contribution in [2.75, 3.05) is 23.4 Å². The fourth-order valence-electron chi connectivity index (χ4n) is 2.05. The van der Waals surface area contributed by atoms with Crippen LogP contribution in [0.3, 0.4) is 0 Å². The van der Waals surface area contributed by atoms with Gasteiger partial charge in [0.05, 0.1) is 5.56 Å². The number of anilines is 1. The molecule has 2 rings (SSSR count). The van der Waals surface area contributed by atoms with Crippen molar-refractivity contribution in [3.05, 3.63) is 28.2 Å². The summed E-state index contributed by atoms with van der Waals surface area (Å²) in [5.41, 5.74) is 1.04. The van der Waals surface area contributed by atoms with Crippen molar-refractivity contribution in [3.63, 3.8) is 0 Å². The second-order valence-electron chi connectivity index (χ2n) is 4.43. The predicted molar refractivity (Wildman–Crippen MR) is 79.6 cm³/mol. The summed E-state index contributed by atoms with van der Waals surface area (Å²) >= 11 is 5.30. The number of halogens is 1. The Kier molecular flexibility index (Phi) is 4.95. The number of benzene rings is 1. The molecular formula is C13H16BrNO2S. The maximum atomic E-state index is 11.2. The number of carboxylic acids is 1. The molecule has 98 valence electrons. The van der Waals surface area contributed by atoms with Gasteiger partial charge in [0, 0.05) is 16.7 Å². The average Bonchev–Trinajstić information content (AvgIpc) is 2.38. The standard InChI is InChI=1S/C13H16BrNO2S/c14-10-1-2-12(11(7-10)13(16)17)15-8-9-3-5-18-6-4-9/h1-2,7,9,15H,3-6,8H2,(H,16,17). The van der Waals surface area contributed by atoms with Crippen LogP contribution in [0, 0.1) is 5.92 Å². The van der Waals surface area contributed by atoms with Gasteiger partial charge >= 0.3 is 5.97 Å². The monoisotopic (exact) mass is 329 g/mol. The summed E-state index contributed by atoms with van der Waals surface area (Å²) in [4.78, 5) is 11.2. The van der Waals surface area contributed by atoms with E-state index in [9.17, 15) is 4.79 Å². The quantitative estimate of drug-likeness (QED) is 0.884. The zero-order valence-corrected chi connectivity index (χ0v) is 12.4. The first-order valence-electron chi connectivity index (χ1n) is 6.01. The molecule has 1 aromatic rings. The number of aromatic carboxylic acids is 1. The van der Waals surface area contributed by atoms with E-state index >= 15 is 0 Å². The van der Waals surface area contributed by atoms with Crippen LogP contribution >= 0.6 is 27.7 Å². The molecule has 1 aliphatic rings. The lowest BCUT2D eigenvalue weighted by Gasteiger charge is -2.22. The Hall–Kier alpha value is -0.680. The first-order chi connectivity index (χ1) is 8.66. The van der Waals surface area contributed by atoms with Crippen LogP contribution in [0.25, 0.3) is 0 Å². The van der Waals surface area contributed by atoms with Gasteiger partial charge in [-0.2, -0.15) is 11.8 Å². The van der Waals surface area contributed by atoms with E-state index in [1.807, 2.05) is 23.9 Å². The molecule has 18 heavy (non-hydrogen) atoms. The van der Waals surface area contributed by atoms with Gasteiger partial charge < -0.3 is 10.4 Å². The summed E-state index contributed by atoms with van der Waals surface area (Å²) < 4.78 is 0.791. The van der Waals surface area contributed by atoms with Gasteiger partial charge in [-0.3, -0.25) is 0 Å². The van der Waals surface area contributed by atoms with Crippen LogP contribution < -0.4 is 5.32 Å². The molecule has 0 bridgehead atoms. The molecule has 0 spiro atoms. The Morgan fingerprint density at radius 2 is 2.17 bits per heavy atom. The van der Waals surface area contributed by atoms with Crippen LogP contribution in [0.1, 0.15) is 23.2 Å². The van der Waals surface area contributed by atoms with Crippen LogP contribution in [0.5, 0.6) is 0 Å². The lowest BCUT2D eigenvalue weighted by atomic mass is 10.0. The van der Waals surface area contributed by atoms with E-state index in [4.69, 9.17) is 5.11 Å². The van der Waals surface area contributed by atoms with E-state index < -0.39 is 5.97 Å². The summed E-state index contributed by atoms with van der Waals surface area (Å²) in [6.07, 6.45) is 2.44. The molecule has 5 heteroatoms. The summed E-state index contributed by atoms with van der Waals surface area (Å²) in [7, 11) is 0. The molecule has 1 aromatic carbocycles. The largest absolute Gasteiger partial charge is 0.478 e. The average molecular weight is 330 g/mol. The molecule has 0 saturated carbocycles. The van der Waals surface area contributed by atoms with Gasteiger partial charge in [0.1, 0.15) is 0 Å². The third kappa shape index (κ3) is 3.65. The van der Waals surface area contributed by atoms with E-state index in [1.54, 1.807) is 6.07 Å². The summed E-state index contributed by atoms with van der Waals surface area (Å²) in [5, 5.41) is 12.4. The van der Waals surface area contributed by atoms with Crippen LogP contribution in [-0.2, 0) is 0 Å². The van der Waals surface area contributed by atoms with Crippen molar-refractivity contribution < 1.29 is 9.90 Å². The molecule has 3 nitrogen and oxygen atoms in total. The smallest absolute Gasteiger partial charge is 0.337 e. The molecule has 0 radical (unpaired) electrons. The van der Waals surface area contributed by atoms with Gasteiger partial charge in [-0.15, -0.1) is 0 Å². The molecule has 1 saturated heterocycles. The minimum absolute atomic E-state index is 0.328. The molecule has 1 aliphatic heterocycles. The third-order valence-corrected chi connectivity index (χ3v) is 4.68. The number of nitrogens with one attached hydrogen (secondary N) is 1. The fourth-order valence-corrected chi connectivity index (χ4v) is 3.62. The minimum atomic E-state index is -0.891. The SMILES string of the molecule is O=C(O)c1cc(Br)ccc1NCC1CCSCC1. The maximum Gasteiger partial charge on any atom is 0.337 e. The molecule has 2 N–H and O–H groups in total. The van der Waals surface area contributed by atoms with Crippen molar-refractivity contribution in [1.29, 1.82) is 0 Å². The van der Waals surface area contributed by atoms with E-state index in [2.05, 4.69) is 21.2 Å². The van der Waals surface area contributed by atoms with E-state index in [0.29, 0.717) is 17.2 Å². The second kappa shape index (κ2) is 6.48. The van der Waals surface area contributed by atoms with Crippen LogP contribution in [0.4, 0.5) is 5.69 Å². The van der Waals surface area contributed by atoms with Crippen molar-refractivity contribution in [1.82, 2.24) is 0 Å². The summed E-state index contributed by atoms with van der Waals surface area (Å²) in [5.74, 6) is 2.21. The maximum absolute atomic E-state index is 11.2. The molecule has 1 fully saturated rings. The minimum Gasteiger partial charge on any atom is -0.478 e. The van der Waals surface area contributed by atoms with Crippen LogP contribution in [-0.4, -0.2) is 29.1 Å². The second-order valence-corrected chi connectivity index (χ2v) is 6.57. The number of rotatable bonds is 4. The summed E-state index contributed by atoms with van der Waals surface area (Å²) in [6.45, 7) is 0.864. The molecule has 0 atom stereocenters. The highest BCUT2D eigenvalue weighted by molar-refractivity contribution is 9.10. The van der Waals surface area contributed by atoms with Crippen molar-refractivity contribution in [2.24, 2.45) is 5.92 Å². The number of hydrogen-bond acceptors (Lipinski definition) is 3. The Labute approximate surface area is 119 Å². The Morgan fingerprint density at radius 3 is 2.83 bits per heavy atom. The highest BCUT2D eigenvalue weighted by Crippen LogP contribution is 2.25. The number of thioether (sulfide) groups is 1. The molecule has 0 aromatic heterocycles. The molecule has 0 amide bonds. The third-order valence-electron chi connectivity index (χ3n) is 3.13.